The zero-order valence-electron chi connectivity index (χ0n) is 17.0. The second-order valence-corrected chi connectivity index (χ2v) is 9.59. The first-order valence-electron chi connectivity index (χ1n) is 9.61. The molecule has 8 heteroatoms. The highest BCUT2D eigenvalue weighted by Gasteiger charge is 2.33. The van der Waals surface area contributed by atoms with E-state index in [1.54, 1.807) is 24.1 Å². The molecule has 1 amide bonds. The number of benzene rings is 2. The first-order chi connectivity index (χ1) is 14.2. The number of amides is 1. The van der Waals surface area contributed by atoms with Crippen LogP contribution in [0.4, 0.5) is 0 Å². The van der Waals surface area contributed by atoms with Crippen molar-refractivity contribution in [3.63, 3.8) is 0 Å². The van der Waals surface area contributed by atoms with Gasteiger partial charge in [0.25, 0.3) is 5.91 Å². The summed E-state index contributed by atoms with van der Waals surface area (Å²) < 4.78 is 33.3. The number of carbonyl (C=O) groups is 2. The predicted octanol–water partition coefficient (Wildman–Crippen LogP) is 2.59. The molecule has 1 fully saturated rings. The number of ether oxygens (including phenoxy) is 2. The molecule has 0 aliphatic heterocycles. The van der Waals surface area contributed by atoms with E-state index in [9.17, 15) is 18.0 Å². The third-order valence-corrected chi connectivity index (χ3v) is 5.60. The van der Waals surface area contributed by atoms with Crippen LogP contribution in [-0.2, 0) is 31.7 Å². The second-order valence-electron chi connectivity index (χ2n) is 7.45. The number of carbonyl (C=O) groups excluding carboxylic acids is 2. The molecule has 0 bridgehead atoms. The monoisotopic (exact) mass is 431 g/mol. The summed E-state index contributed by atoms with van der Waals surface area (Å²) >= 11 is 0. The number of nitrogens with zero attached hydrogens (tertiary/aromatic N) is 1. The van der Waals surface area contributed by atoms with E-state index >= 15 is 0 Å². The van der Waals surface area contributed by atoms with Crippen LogP contribution in [0.25, 0.3) is 0 Å². The van der Waals surface area contributed by atoms with Crippen molar-refractivity contribution in [3.05, 3.63) is 65.2 Å². The molecule has 7 nitrogen and oxygen atoms in total. The molecule has 30 heavy (non-hydrogen) atoms. The third-order valence-electron chi connectivity index (χ3n) is 4.74. The van der Waals surface area contributed by atoms with Crippen LogP contribution in [0.15, 0.2) is 48.5 Å². The Hall–Kier alpha value is -2.87. The number of hydrogen-bond acceptors (Lipinski definition) is 6. The van der Waals surface area contributed by atoms with Crippen LogP contribution in [0, 0.1) is 0 Å². The van der Waals surface area contributed by atoms with Gasteiger partial charge in [0.05, 0.1) is 18.4 Å². The molecule has 0 heterocycles. The van der Waals surface area contributed by atoms with E-state index in [-0.39, 0.29) is 29.9 Å². The lowest BCUT2D eigenvalue weighted by atomic mass is 10.1. The zero-order chi connectivity index (χ0) is 21.7. The predicted molar refractivity (Wildman–Crippen MR) is 112 cm³/mol. The van der Waals surface area contributed by atoms with Gasteiger partial charge >= 0.3 is 5.97 Å². The lowest BCUT2D eigenvalue weighted by molar-refractivity contribution is -0.135. The fourth-order valence-electron chi connectivity index (χ4n) is 3.12. The van der Waals surface area contributed by atoms with Crippen molar-refractivity contribution in [1.29, 1.82) is 0 Å². The van der Waals surface area contributed by atoms with Crippen molar-refractivity contribution < 1.29 is 27.5 Å². The van der Waals surface area contributed by atoms with Crippen LogP contribution >= 0.6 is 0 Å². The van der Waals surface area contributed by atoms with Gasteiger partial charge in [-0.15, -0.1) is 0 Å². The van der Waals surface area contributed by atoms with Crippen molar-refractivity contribution in [3.8, 4) is 5.75 Å². The van der Waals surface area contributed by atoms with Crippen molar-refractivity contribution in [2.45, 2.75) is 31.2 Å². The summed E-state index contributed by atoms with van der Waals surface area (Å²) in [5.41, 5.74) is 1.69. The summed E-state index contributed by atoms with van der Waals surface area (Å²) in [4.78, 5) is 26.8. The summed E-state index contributed by atoms with van der Waals surface area (Å²) in [6.07, 6.45) is 3.00. The van der Waals surface area contributed by atoms with Crippen molar-refractivity contribution in [1.82, 2.24) is 4.90 Å². The van der Waals surface area contributed by atoms with Crippen molar-refractivity contribution in [2.75, 3.05) is 20.0 Å². The van der Waals surface area contributed by atoms with E-state index in [4.69, 9.17) is 9.47 Å². The van der Waals surface area contributed by atoms with E-state index in [1.807, 2.05) is 24.3 Å². The van der Waals surface area contributed by atoms with Gasteiger partial charge in [-0.05, 0) is 48.2 Å². The molecule has 1 aliphatic rings. The molecular formula is C22H25NO6S. The molecule has 0 spiro atoms. The molecule has 0 atom stereocenters. The largest absolute Gasteiger partial charge is 0.497 e. The van der Waals surface area contributed by atoms with E-state index < -0.39 is 15.8 Å². The number of hydrogen-bond donors (Lipinski definition) is 0. The summed E-state index contributed by atoms with van der Waals surface area (Å²) in [7, 11) is -1.62. The summed E-state index contributed by atoms with van der Waals surface area (Å²) in [5.74, 6) is -0.326. The van der Waals surface area contributed by atoms with Crippen LogP contribution in [0.1, 0.15) is 34.3 Å². The van der Waals surface area contributed by atoms with Gasteiger partial charge in [0.2, 0.25) is 0 Å². The molecule has 1 saturated carbocycles. The molecule has 0 N–H and O–H groups in total. The van der Waals surface area contributed by atoms with Crippen LogP contribution in [0.2, 0.25) is 0 Å². The molecule has 0 saturated heterocycles. The molecule has 0 aromatic heterocycles. The van der Waals surface area contributed by atoms with Crippen LogP contribution in [0.5, 0.6) is 5.75 Å². The average molecular weight is 432 g/mol. The average Bonchev–Trinajstić information content (AvgIpc) is 3.54. The van der Waals surface area contributed by atoms with Gasteiger partial charge in [-0.25, -0.2) is 13.2 Å². The lowest BCUT2D eigenvalue weighted by Gasteiger charge is -2.22. The third kappa shape index (κ3) is 6.32. The molecular weight excluding hydrogens is 406 g/mol. The second kappa shape index (κ2) is 9.30. The minimum atomic E-state index is -3.21. The van der Waals surface area contributed by atoms with Gasteiger partial charge in [0.15, 0.2) is 16.4 Å². The van der Waals surface area contributed by atoms with E-state index in [0.29, 0.717) is 12.1 Å². The van der Waals surface area contributed by atoms with Crippen LogP contribution in [-0.4, -0.2) is 51.2 Å². The van der Waals surface area contributed by atoms with Crippen molar-refractivity contribution >= 4 is 21.7 Å². The molecule has 2 aromatic carbocycles. The Morgan fingerprint density at radius 2 is 1.77 bits per heavy atom. The standard InChI is InChI=1S/C22H25NO6S/c1-28-20-10-6-16(7-11-20)13-23(19-8-9-19)21(24)14-29-22(25)18-5-3-4-17(12-18)15-30(2,26)27/h3-7,10-12,19H,8-9,13-15H2,1-2H3. The first kappa shape index (κ1) is 21.8. The van der Waals surface area contributed by atoms with Crippen LogP contribution < -0.4 is 4.74 Å². The molecule has 160 valence electrons. The van der Waals surface area contributed by atoms with E-state index in [1.165, 1.54) is 12.1 Å². The Balaban J connectivity index is 1.60. The normalized spacial score (nSPS) is 13.5. The fraction of sp³-hybridized carbons (Fsp3) is 0.364. The smallest absolute Gasteiger partial charge is 0.338 e. The summed E-state index contributed by atoms with van der Waals surface area (Å²) in [6.45, 7) is 0.0800. The molecule has 0 unspecified atom stereocenters. The van der Waals surface area contributed by atoms with Gasteiger partial charge in [-0.3, -0.25) is 4.79 Å². The highest BCUT2D eigenvalue weighted by Crippen LogP contribution is 2.29. The van der Waals surface area contributed by atoms with Crippen LogP contribution in [0.3, 0.4) is 0 Å². The molecule has 2 aromatic rings. The SMILES string of the molecule is COc1ccc(CN(C(=O)COC(=O)c2cccc(CS(C)(=O)=O)c2)C2CC2)cc1. The highest BCUT2D eigenvalue weighted by atomic mass is 32.2. The van der Waals surface area contributed by atoms with Gasteiger partial charge in [-0.2, -0.15) is 0 Å². The maximum absolute atomic E-state index is 12.7. The Morgan fingerprint density at radius 1 is 1.07 bits per heavy atom. The molecule has 1 aliphatic carbocycles. The zero-order valence-corrected chi connectivity index (χ0v) is 17.9. The maximum Gasteiger partial charge on any atom is 0.338 e. The minimum absolute atomic E-state index is 0.162. The topological polar surface area (TPSA) is 90.0 Å². The summed E-state index contributed by atoms with van der Waals surface area (Å²) in [5, 5.41) is 0. The first-order valence-corrected chi connectivity index (χ1v) is 11.7. The Bertz CT molecular complexity index is 1010. The summed E-state index contributed by atoms with van der Waals surface area (Å²) in [6, 6.07) is 13.9. The Kier molecular flexibility index (Phi) is 6.77. The van der Waals surface area contributed by atoms with E-state index in [2.05, 4.69) is 0 Å². The highest BCUT2D eigenvalue weighted by molar-refractivity contribution is 7.89. The Labute approximate surface area is 176 Å². The quantitative estimate of drug-likeness (QED) is 0.567. The molecule has 3 rings (SSSR count). The minimum Gasteiger partial charge on any atom is -0.497 e. The number of methoxy groups -OCH3 is 1. The van der Waals surface area contributed by atoms with Gasteiger partial charge in [-0.1, -0.05) is 24.3 Å². The molecule has 0 radical (unpaired) electrons. The lowest BCUT2D eigenvalue weighted by Crippen LogP contribution is -2.36. The fourth-order valence-corrected chi connectivity index (χ4v) is 3.90. The number of sulfone groups is 1. The number of rotatable bonds is 9. The van der Waals surface area contributed by atoms with Gasteiger partial charge in [0.1, 0.15) is 5.75 Å². The number of esters is 1. The Morgan fingerprint density at radius 3 is 2.37 bits per heavy atom. The van der Waals surface area contributed by atoms with Crippen molar-refractivity contribution in [2.24, 2.45) is 0 Å². The van der Waals surface area contributed by atoms with E-state index in [0.717, 1.165) is 30.4 Å². The maximum atomic E-state index is 12.7. The van der Waals surface area contributed by atoms with Gasteiger partial charge < -0.3 is 14.4 Å². The van der Waals surface area contributed by atoms with Gasteiger partial charge in [0, 0.05) is 18.8 Å².